The molecule has 2 N–H and O–H groups in total. The van der Waals surface area contributed by atoms with Gasteiger partial charge in [-0.2, -0.15) is 10.5 Å². The summed E-state index contributed by atoms with van der Waals surface area (Å²) in [6.45, 7) is 1.49. The summed E-state index contributed by atoms with van der Waals surface area (Å²) in [4.78, 5) is 14.9. The van der Waals surface area contributed by atoms with Gasteiger partial charge in [0, 0.05) is 18.1 Å². The van der Waals surface area contributed by atoms with E-state index in [9.17, 15) is 14.4 Å². The number of halogens is 2. The molecule has 2 aliphatic heterocycles. The van der Waals surface area contributed by atoms with E-state index >= 15 is 0 Å². The lowest BCUT2D eigenvalue weighted by Gasteiger charge is -2.39. The number of amides is 1. The summed E-state index contributed by atoms with van der Waals surface area (Å²) < 4.78 is 19.2. The number of carbonyl (C=O) groups excluding carboxylic acids is 1. The summed E-state index contributed by atoms with van der Waals surface area (Å²) in [5.41, 5.74) is 1.73. The molecule has 1 unspecified atom stereocenters. The number of nitrogens with zero attached hydrogens (tertiary/aromatic N) is 3. The number of carbonyl (C=O) groups is 1. The van der Waals surface area contributed by atoms with E-state index in [4.69, 9.17) is 21.6 Å². The second-order valence-corrected chi connectivity index (χ2v) is 8.82. The normalized spacial score (nSPS) is 18.7. The first-order chi connectivity index (χ1) is 15.9. The van der Waals surface area contributed by atoms with Crippen LogP contribution in [-0.4, -0.2) is 36.5 Å². The summed E-state index contributed by atoms with van der Waals surface area (Å²) in [5, 5.41) is 24.8. The third kappa shape index (κ3) is 4.97. The van der Waals surface area contributed by atoms with Gasteiger partial charge < -0.3 is 20.3 Å². The van der Waals surface area contributed by atoms with E-state index < -0.39 is 11.5 Å². The average molecular weight is 468 g/mol. The van der Waals surface area contributed by atoms with Crippen LogP contribution in [0.5, 0.6) is 5.75 Å². The maximum absolute atomic E-state index is 13.2. The van der Waals surface area contributed by atoms with Gasteiger partial charge in [-0.3, -0.25) is 4.79 Å². The molecule has 0 aromatic heterocycles. The van der Waals surface area contributed by atoms with Crippen LogP contribution >= 0.6 is 11.6 Å². The van der Waals surface area contributed by atoms with Gasteiger partial charge in [0.2, 0.25) is 0 Å². The van der Waals surface area contributed by atoms with E-state index in [-0.39, 0.29) is 18.3 Å². The van der Waals surface area contributed by atoms with E-state index in [2.05, 4.69) is 16.7 Å². The van der Waals surface area contributed by atoms with Crippen LogP contribution in [0.25, 0.3) is 0 Å². The van der Waals surface area contributed by atoms with Crippen molar-refractivity contribution in [2.24, 2.45) is 5.41 Å². The zero-order valence-corrected chi connectivity index (χ0v) is 18.7. The van der Waals surface area contributed by atoms with Crippen molar-refractivity contribution >= 4 is 23.2 Å². The van der Waals surface area contributed by atoms with Gasteiger partial charge in [0.15, 0.2) is 12.3 Å². The van der Waals surface area contributed by atoms with Gasteiger partial charge in [-0.05, 0) is 54.7 Å². The van der Waals surface area contributed by atoms with Crippen molar-refractivity contribution in [3.63, 3.8) is 0 Å². The van der Waals surface area contributed by atoms with Crippen molar-refractivity contribution < 1.29 is 13.9 Å². The molecule has 1 saturated heterocycles. The van der Waals surface area contributed by atoms with E-state index in [1.807, 2.05) is 6.19 Å². The van der Waals surface area contributed by atoms with Crippen LogP contribution in [0.15, 0.2) is 36.4 Å². The molecule has 2 aromatic rings. The Morgan fingerprint density at radius 2 is 2.00 bits per heavy atom. The maximum Gasteiger partial charge on any atom is 0.265 e. The Kier molecular flexibility index (Phi) is 6.57. The van der Waals surface area contributed by atoms with Crippen LogP contribution in [0.1, 0.15) is 24.0 Å². The molecule has 4 rings (SSSR count). The van der Waals surface area contributed by atoms with Crippen molar-refractivity contribution in [1.82, 2.24) is 10.2 Å². The molecule has 0 radical (unpaired) electrons. The first-order valence-electron chi connectivity index (χ1n) is 10.7. The van der Waals surface area contributed by atoms with Crippen molar-refractivity contribution in [1.29, 1.82) is 10.5 Å². The number of anilines is 1. The standard InChI is InChI=1S/C24H23ClFN5O2/c25-19-10-20-21(9-17(19)12-29-15-28)33-22(13-30-20)23(32)31-7-5-24(14-27,6-8-31)11-16-1-3-18(26)4-2-16/h1-4,9-10,22,29-30H,5-8,11-13H2. The molecule has 0 saturated carbocycles. The van der Waals surface area contributed by atoms with Gasteiger partial charge in [0.25, 0.3) is 5.91 Å². The Hall–Kier alpha value is -3.49. The minimum atomic E-state index is -0.692. The van der Waals surface area contributed by atoms with Crippen LogP contribution in [0, 0.1) is 34.0 Å². The first kappa shape index (κ1) is 22.7. The molecule has 2 aliphatic rings. The highest BCUT2D eigenvalue weighted by Gasteiger charge is 2.39. The molecule has 0 spiro atoms. The maximum atomic E-state index is 13.2. The molecule has 9 heteroatoms. The van der Waals surface area contributed by atoms with Crippen molar-refractivity contribution in [2.75, 3.05) is 25.0 Å². The van der Waals surface area contributed by atoms with Gasteiger partial charge in [-0.15, -0.1) is 0 Å². The lowest BCUT2D eigenvalue weighted by Crippen LogP contribution is -2.51. The van der Waals surface area contributed by atoms with Crippen LogP contribution in [-0.2, 0) is 17.8 Å². The smallest absolute Gasteiger partial charge is 0.265 e. The number of piperidine rings is 1. The number of likely N-dealkylation sites (tertiary alicyclic amines) is 1. The van der Waals surface area contributed by atoms with Crippen molar-refractivity contribution in [3.8, 4) is 18.0 Å². The Labute approximate surface area is 196 Å². The van der Waals surface area contributed by atoms with Gasteiger partial charge in [0.05, 0.1) is 30.3 Å². The fraction of sp³-hybridized carbons (Fsp3) is 0.375. The zero-order chi connectivity index (χ0) is 23.4. The number of fused-ring (bicyclic) bond motifs is 1. The molecule has 1 amide bonds. The van der Waals surface area contributed by atoms with Gasteiger partial charge >= 0.3 is 0 Å². The molecular formula is C24H23ClFN5O2. The zero-order valence-electron chi connectivity index (χ0n) is 17.9. The molecule has 1 fully saturated rings. The SMILES string of the molecule is N#CNCc1cc2c(cc1Cl)NCC(C(=O)N1CCC(C#N)(Cc3ccc(F)cc3)CC1)O2. The lowest BCUT2D eigenvalue weighted by molar-refractivity contribution is -0.140. The predicted molar refractivity (Wildman–Crippen MR) is 121 cm³/mol. The summed E-state index contributed by atoms with van der Waals surface area (Å²) >= 11 is 6.26. The number of rotatable bonds is 5. The van der Waals surface area contributed by atoms with Gasteiger partial charge in [0.1, 0.15) is 11.6 Å². The van der Waals surface area contributed by atoms with E-state index in [1.165, 1.54) is 12.1 Å². The Bertz CT molecular complexity index is 1120. The van der Waals surface area contributed by atoms with Crippen LogP contribution < -0.4 is 15.4 Å². The van der Waals surface area contributed by atoms with Crippen LogP contribution in [0.3, 0.4) is 0 Å². The van der Waals surface area contributed by atoms with Gasteiger partial charge in [-0.1, -0.05) is 23.7 Å². The van der Waals surface area contributed by atoms with Crippen LogP contribution in [0.4, 0.5) is 10.1 Å². The number of nitriles is 2. The average Bonchev–Trinajstić information content (AvgIpc) is 2.84. The molecule has 0 aliphatic carbocycles. The summed E-state index contributed by atoms with van der Waals surface area (Å²) in [5.74, 6) is 0.0788. The number of ether oxygens (including phenoxy) is 1. The second-order valence-electron chi connectivity index (χ2n) is 8.41. The largest absolute Gasteiger partial charge is 0.477 e. The topological polar surface area (TPSA) is 101 Å². The minimum Gasteiger partial charge on any atom is -0.477 e. The molecule has 2 aromatic carbocycles. The monoisotopic (exact) mass is 467 g/mol. The Balaban J connectivity index is 1.39. The second kappa shape index (κ2) is 9.56. The number of hydrogen-bond donors (Lipinski definition) is 2. The molecule has 2 heterocycles. The molecular weight excluding hydrogens is 445 g/mol. The first-order valence-corrected chi connectivity index (χ1v) is 11.1. The fourth-order valence-electron chi connectivity index (χ4n) is 4.32. The third-order valence-corrected chi connectivity index (χ3v) is 6.61. The number of benzene rings is 2. The lowest BCUT2D eigenvalue weighted by atomic mass is 9.75. The molecule has 33 heavy (non-hydrogen) atoms. The highest BCUT2D eigenvalue weighted by Crippen LogP contribution is 2.37. The minimum absolute atomic E-state index is 0.131. The van der Waals surface area contributed by atoms with Crippen molar-refractivity contribution in [3.05, 3.63) is 58.4 Å². The van der Waals surface area contributed by atoms with Gasteiger partial charge in [-0.25, -0.2) is 4.39 Å². The quantitative estimate of drug-likeness (QED) is 0.514. The fourth-order valence-corrected chi connectivity index (χ4v) is 4.55. The Morgan fingerprint density at radius 3 is 2.67 bits per heavy atom. The summed E-state index contributed by atoms with van der Waals surface area (Å²) in [6, 6.07) is 12.1. The van der Waals surface area contributed by atoms with E-state index in [0.717, 1.165) is 5.56 Å². The number of nitrogens with one attached hydrogen (secondary N) is 2. The highest BCUT2D eigenvalue weighted by molar-refractivity contribution is 6.31. The molecule has 0 bridgehead atoms. The van der Waals surface area contributed by atoms with Crippen LogP contribution in [0.2, 0.25) is 5.02 Å². The highest BCUT2D eigenvalue weighted by atomic mass is 35.5. The van der Waals surface area contributed by atoms with E-state index in [1.54, 1.807) is 29.2 Å². The Morgan fingerprint density at radius 1 is 1.27 bits per heavy atom. The summed E-state index contributed by atoms with van der Waals surface area (Å²) in [7, 11) is 0. The van der Waals surface area contributed by atoms with E-state index in [0.29, 0.717) is 60.9 Å². The molecule has 7 nitrogen and oxygen atoms in total. The predicted octanol–water partition coefficient (Wildman–Crippen LogP) is 3.60. The molecule has 1 atom stereocenters. The molecule has 170 valence electrons. The number of hydrogen-bond acceptors (Lipinski definition) is 6. The summed E-state index contributed by atoms with van der Waals surface area (Å²) in [6.07, 6.45) is 2.78. The van der Waals surface area contributed by atoms with Crippen molar-refractivity contribution in [2.45, 2.75) is 31.9 Å². The third-order valence-electron chi connectivity index (χ3n) is 6.25.